The maximum absolute atomic E-state index is 5.01. The molecule has 2 aliphatic rings. The normalized spacial score (nSPS) is 13.9. The van der Waals surface area contributed by atoms with E-state index >= 15 is 0 Å². The van der Waals surface area contributed by atoms with Crippen molar-refractivity contribution < 1.29 is 0 Å². The van der Waals surface area contributed by atoms with Crippen LogP contribution in [0.2, 0.25) is 0 Å². The summed E-state index contributed by atoms with van der Waals surface area (Å²) >= 11 is 0. The predicted octanol–water partition coefficient (Wildman–Crippen LogP) is 14.4. The first-order valence-electron chi connectivity index (χ1n) is 21.4. The standard InChI is InChI=1S/C59H41N3/c1-58(2)50-24-11-13-26-52(50)59(53-27-14-12-25-51(53)58)49-23-10-9-22-47(49)48-33-32-44(37-54(48)59)43-31-29-38-28-30-42(35-46(38)36-43)41-20-15-21-45(34-41)57-61-55(39-16-5-3-6-17-39)60-56(62-57)40-18-7-4-8-19-40/h3-37H,1-2H3. The second-order valence-electron chi connectivity index (χ2n) is 17.2. The number of benzene rings is 9. The fourth-order valence-electron chi connectivity index (χ4n) is 10.4. The van der Waals surface area contributed by atoms with Gasteiger partial charge in [-0.1, -0.05) is 202 Å². The Morgan fingerprint density at radius 1 is 0.274 bits per heavy atom. The number of fused-ring (bicyclic) bond motifs is 10. The van der Waals surface area contributed by atoms with Gasteiger partial charge in [0, 0.05) is 22.1 Å². The Bertz CT molecular complexity index is 3280. The highest BCUT2D eigenvalue weighted by Gasteiger charge is 2.53. The smallest absolute Gasteiger partial charge is 0.164 e. The first-order chi connectivity index (χ1) is 30.5. The molecule has 12 rings (SSSR count). The summed E-state index contributed by atoms with van der Waals surface area (Å²) in [7, 11) is 0. The van der Waals surface area contributed by atoms with Crippen LogP contribution in [0.3, 0.4) is 0 Å². The van der Waals surface area contributed by atoms with Gasteiger partial charge in [0.25, 0.3) is 0 Å². The van der Waals surface area contributed by atoms with Gasteiger partial charge in [-0.2, -0.15) is 0 Å². The van der Waals surface area contributed by atoms with E-state index in [-0.39, 0.29) is 5.41 Å². The molecule has 292 valence electrons. The van der Waals surface area contributed by atoms with Gasteiger partial charge >= 0.3 is 0 Å². The average molecular weight is 792 g/mol. The van der Waals surface area contributed by atoms with Crippen LogP contribution >= 0.6 is 0 Å². The minimum atomic E-state index is -0.429. The first-order valence-corrected chi connectivity index (χ1v) is 21.4. The van der Waals surface area contributed by atoms with Crippen molar-refractivity contribution in [3.8, 4) is 67.5 Å². The van der Waals surface area contributed by atoms with E-state index in [0.717, 1.165) is 27.8 Å². The monoisotopic (exact) mass is 791 g/mol. The molecule has 62 heavy (non-hydrogen) atoms. The quantitative estimate of drug-likeness (QED) is 0.174. The molecule has 0 aliphatic heterocycles. The van der Waals surface area contributed by atoms with Gasteiger partial charge in [0.15, 0.2) is 17.5 Å². The van der Waals surface area contributed by atoms with E-state index in [2.05, 4.69) is 166 Å². The van der Waals surface area contributed by atoms with Crippen LogP contribution in [0, 0.1) is 0 Å². The second kappa shape index (κ2) is 13.9. The minimum absolute atomic E-state index is 0.134. The molecule has 0 bridgehead atoms. The summed E-state index contributed by atoms with van der Waals surface area (Å²) in [5.41, 5.74) is 17.8. The molecule has 0 atom stereocenters. The summed E-state index contributed by atoms with van der Waals surface area (Å²) in [6, 6.07) is 77.0. The van der Waals surface area contributed by atoms with Crippen molar-refractivity contribution in [2.24, 2.45) is 0 Å². The van der Waals surface area contributed by atoms with Crippen molar-refractivity contribution in [1.29, 1.82) is 0 Å². The molecule has 0 amide bonds. The van der Waals surface area contributed by atoms with Gasteiger partial charge in [-0.05, 0) is 102 Å². The fourth-order valence-corrected chi connectivity index (χ4v) is 10.4. The van der Waals surface area contributed by atoms with Gasteiger partial charge in [-0.25, -0.2) is 15.0 Å². The Labute approximate surface area is 362 Å². The lowest BCUT2D eigenvalue weighted by atomic mass is 9.55. The van der Waals surface area contributed by atoms with Gasteiger partial charge in [-0.15, -0.1) is 0 Å². The number of aromatic nitrogens is 3. The van der Waals surface area contributed by atoms with Gasteiger partial charge in [0.2, 0.25) is 0 Å². The van der Waals surface area contributed by atoms with Gasteiger partial charge in [0.05, 0.1) is 5.41 Å². The molecule has 1 spiro atoms. The lowest BCUT2D eigenvalue weighted by Crippen LogP contribution is -2.40. The molecule has 0 N–H and O–H groups in total. The molecular weight excluding hydrogens is 751 g/mol. The number of hydrogen-bond donors (Lipinski definition) is 0. The van der Waals surface area contributed by atoms with Crippen LogP contribution in [-0.2, 0) is 10.8 Å². The summed E-state index contributed by atoms with van der Waals surface area (Å²) in [5.74, 6) is 1.95. The largest absolute Gasteiger partial charge is 0.208 e. The Balaban J connectivity index is 0.968. The zero-order chi connectivity index (χ0) is 41.4. The predicted molar refractivity (Wildman–Crippen MR) is 254 cm³/mol. The van der Waals surface area contributed by atoms with Crippen molar-refractivity contribution in [1.82, 2.24) is 15.0 Å². The zero-order valence-electron chi connectivity index (χ0n) is 34.5. The fraction of sp³-hybridized carbons (Fsp3) is 0.0678. The Morgan fingerprint density at radius 3 is 1.29 bits per heavy atom. The van der Waals surface area contributed by atoms with Crippen LogP contribution in [0.5, 0.6) is 0 Å². The molecule has 1 heterocycles. The molecule has 3 heteroatoms. The molecule has 10 aromatic rings. The summed E-state index contributed by atoms with van der Waals surface area (Å²) in [6.07, 6.45) is 0. The van der Waals surface area contributed by atoms with E-state index in [1.165, 1.54) is 66.4 Å². The SMILES string of the molecule is CC1(C)c2ccccc2C2(c3ccccc3-c3ccc(-c4ccc5ccc(-c6cccc(-c7nc(-c8ccccc8)nc(-c8ccccc8)n7)c6)cc5c4)cc32)c2ccccc21. The maximum atomic E-state index is 5.01. The Morgan fingerprint density at radius 2 is 0.694 bits per heavy atom. The molecule has 0 radical (unpaired) electrons. The average Bonchev–Trinajstić information content (AvgIpc) is 3.63. The molecule has 2 aliphatic carbocycles. The number of nitrogens with zero attached hydrogens (tertiary/aromatic N) is 3. The number of hydrogen-bond acceptors (Lipinski definition) is 3. The maximum Gasteiger partial charge on any atom is 0.164 e. The van der Waals surface area contributed by atoms with E-state index in [1.54, 1.807) is 0 Å². The van der Waals surface area contributed by atoms with E-state index in [9.17, 15) is 0 Å². The zero-order valence-corrected chi connectivity index (χ0v) is 34.5. The molecule has 0 unspecified atom stereocenters. The Kier molecular flexibility index (Phi) is 8.10. The van der Waals surface area contributed by atoms with E-state index < -0.39 is 5.41 Å². The van der Waals surface area contributed by atoms with E-state index in [0.29, 0.717) is 17.5 Å². The number of rotatable bonds is 5. The second-order valence-corrected chi connectivity index (χ2v) is 17.2. The molecule has 3 nitrogen and oxygen atoms in total. The van der Waals surface area contributed by atoms with E-state index in [4.69, 9.17) is 15.0 Å². The third kappa shape index (κ3) is 5.48. The summed E-state index contributed by atoms with van der Waals surface area (Å²) in [4.78, 5) is 14.9. The summed E-state index contributed by atoms with van der Waals surface area (Å²) in [6.45, 7) is 4.76. The van der Waals surface area contributed by atoms with Crippen LogP contribution in [0.1, 0.15) is 47.2 Å². The van der Waals surface area contributed by atoms with Crippen molar-refractivity contribution in [2.45, 2.75) is 24.7 Å². The third-order valence-corrected chi connectivity index (χ3v) is 13.4. The minimum Gasteiger partial charge on any atom is -0.208 e. The van der Waals surface area contributed by atoms with Crippen molar-refractivity contribution in [3.05, 3.63) is 246 Å². The van der Waals surface area contributed by atoms with Gasteiger partial charge in [-0.3, -0.25) is 0 Å². The molecule has 0 saturated carbocycles. The van der Waals surface area contributed by atoms with Crippen LogP contribution in [0.4, 0.5) is 0 Å². The topological polar surface area (TPSA) is 38.7 Å². The lowest BCUT2D eigenvalue weighted by molar-refractivity contribution is 0.563. The molecule has 0 saturated heterocycles. The highest BCUT2D eigenvalue weighted by atomic mass is 15.0. The third-order valence-electron chi connectivity index (χ3n) is 13.4. The van der Waals surface area contributed by atoms with Crippen molar-refractivity contribution >= 4 is 10.8 Å². The van der Waals surface area contributed by atoms with Crippen LogP contribution in [-0.4, -0.2) is 15.0 Å². The van der Waals surface area contributed by atoms with Crippen molar-refractivity contribution in [2.75, 3.05) is 0 Å². The van der Waals surface area contributed by atoms with Gasteiger partial charge < -0.3 is 0 Å². The summed E-state index contributed by atoms with van der Waals surface area (Å²) in [5, 5.41) is 2.39. The first kappa shape index (κ1) is 36.1. The summed E-state index contributed by atoms with van der Waals surface area (Å²) < 4.78 is 0. The Hall–Kier alpha value is -7.75. The molecular formula is C59H41N3. The van der Waals surface area contributed by atoms with E-state index in [1.807, 2.05) is 60.7 Å². The van der Waals surface area contributed by atoms with Crippen molar-refractivity contribution in [3.63, 3.8) is 0 Å². The van der Waals surface area contributed by atoms with Crippen LogP contribution < -0.4 is 0 Å². The lowest BCUT2D eigenvalue weighted by Gasteiger charge is -2.46. The highest BCUT2D eigenvalue weighted by Crippen LogP contribution is 2.62. The molecule has 9 aromatic carbocycles. The van der Waals surface area contributed by atoms with Crippen LogP contribution in [0.15, 0.2) is 212 Å². The molecule has 0 fully saturated rings. The van der Waals surface area contributed by atoms with Gasteiger partial charge in [0.1, 0.15) is 0 Å². The van der Waals surface area contributed by atoms with Crippen LogP contribution in [0.25, 0.3) is 78.3 Å². The highest BCUT2D eigenvalue weighted by molar-refractivity contribution is 5.94. The molecule has 1 aromatic heterocycles.